The van der Waals surface area contributed by atoms with E-state index in [0.717, 1.165) is 9.57 Å². The number of benzene rings is 1. The van der Waals surface area contributed by atoms with Gasteiger partial charge in [0, 0.05) is 4.90 Å². The van der Waals surface area contributed by atoms with Crippen molar-refractivity contribution in [1.82, 2.24) is 4.68 Å². The molecule has 0 unspecified atom stereocenters. The summed E-state index contributed by atoms with van der Waals surface area (Å²) in [6, 6.07) is 10.2. The maximum atomic E-state index is 12.4. The molecule has 0 aliphatic rings. The van der Waals surface area contributed by atoms with Crippen LogP contribution in [0.3, 0.4) is 0 Å². The summed E-state index contributed by atoms with van der Waals surface area (Å²) >= 11 is 1.40. The molecule has 26 heavy (non-hydrogen) atoms. The topological polar surface area (TPSA) is 108 Å². The van der Waals surface area contributed by atoms with Crippen LogP contribution in [0.15, 0.2) is 34.0 Å². The number of thioether (sulfide) groups is 1. The van der Waals surface area contributed by atoms with E-state index in [2.05, 4.69) is 5.43 Å². The molecule has 2 aromatic rings. The van der Waals surface area contributed by atoms with Gasteiger partial charge in [-0.25, -0.2) is 4.68 Å². The molecule has 1 aromatic heterocycles. The summed E-state index contributed by atoms with van der Waals surface area (Å²) in [5, 5.41) is 18.0. The number of hydrogen-bond acceptors (Lipinski definition) is 6. The van der Waals surface area contributed by atoms with Gasteiger partial charge in [-0.15, -0.1) is 11.8 Å². The van der Waals surface area contributed by atoms with Crippen molar-refractivity contribution in [1.29, 1.82) is 10.5 Å². The lowest BCUT2D eigenvalue weighted by Crippen LogP contribution is -2.38. The molecule has 0 fully saturated rings. The van der Waals surface area contributed by atoms with Crippen molar-refractivity contribution >= 4 is 17.7 Å². The van der Waals surface area contributed by atoms with E-state index < -0.39 is 11.5 Å². The molecule has 7 nitrogen and oxygen atoms in total. The molecule has 0 saturated carbocycles. The van der Waals surface area contributed by atoms with Crippen molar-refractivity contribution in [2.45, 2.75) is 18.7 Å². The van der Waals surface area contributed by atoms with Gasteiger partial charge >= 0.3 is 0 Å². The van der Waals surface area contributed by atoms with Gasteiger partial charge in [-0.1, -0.05) is 0 Å². The van der Waals surface area contributed by atoms with Crippen molar-refractivity contribution < 1.29 is 9.53 Å². The number of rotatable bonds is 5. The maximum absolute atomic E-state index is 12.4. The molecule has 0 saturated heterocycles. The van der Waals surface area contributed by atoms with Gasteiger partial charge in [0.1, 0.15) is 17.4 Å². The first-order valence-corrected chi connectivity index (χ1v) is 8.78. The summed E-state index contributed by atoms with van der Waals surface area (Å²) in [6.45, 7) is 3.09. The normalized spacial score (nSPS) is 9.88. The highest BCUT2D eigenvalue weighted by atomic mass is 32.2. The molecule has 0 radical (unpaired) electrons. The minimum Gasteiger partial charge on any atom is -0.484 e. The zero-order chi connectivity index (χ0) is 19.3. The molecule has 0 atom stereocenters. The zero-order valence-corrected chi connectivity index (χ0v) is 15.3. The molecule has 0 spiro atoms. The van der Waals surface area contributed by atoms with E-state index in [4.69, 9.17) is 10.00 Å². The molecular formula is C18H16N4O3S. The highest BCUT2D eigenvalue weighted by molar-refractivity contribution is 7.98. The number of aromatic nitrogens is 1. The Morgan fingerprint density at radius 3 is 2.42 bits per heavy atom. The minimum atomic E-state index is -0.577. The third-order valence-electron chi connectivity index (χ3n) is 3.70. The molecule has 132 valence electrons. The van der Waals surface area contributed by atoms with Gasteiger partial charge < -0.3 is 4.74 Å². The molecule has 1 N–H and O–H groups in total. The Morgan fingerprint density at radius 2 is 1.88 bits per heavy atom. The van der Waals surface area contributed by atoms with Crippen molar-refractivity contribution in [2.24, 2.45) is 0 Å². The first kappa shape index (κ1) is 19.1. The van der Waals surface area contributed by atoms with Crippen molar-refractivity contribution in [3.63, 3.8) is 0 Å². The van der Waals surface area contributed by atoms with Crippen LogP contribution in [0.2, 0.25) is 0 Å². The highest BCUT2D eigenvalue weighted by Gasteiger charge is 2.17. The van der Waals surface area contributed by atoms with Gasteiger partial charge in [-0.05, 0) is 49.9 Å². The van der Waals surface area contributed by atoms with Crippen LogP contribution < -0.4 is 15.7 Å². The second-order valence-electron chi connectivity index (χ2n) is 5.33. The summed E-state index contributed by atoms with van der Waals surface area (Å²) in [7, 11) is 0. The molecule has 1 amide bonds. The molecule has 8 heteroatoms. The Labute approximate surface area is 154 Å². The van der Waals surface area contributed by atoms with Crippen LogP contribution >= 0.6 is 11.8 Å². The predicted molar refractivity (Wildman–Crippen MR) is 97.7 cm³/mol. The first-order chi connectivity index (χ1) is 12.4. The summed E-state index contributed by atoms with van der Waals surface area (Å²) in [5.41, 5.74) is 3.52. The lowest BCUT2D eigenvalue weighted by Gasteiger charge is -2.17. The highest BCUT2D eigenvalue weighted by Crippen LogP contribution is 2.24. The van der Waals surface area contributed by atoms with E-state index in [0.29, 0.717) is 22.6 Å². The molecule has 0 aliphatic heterocycles. The average molecular weight is 368 g/mol. The van der Waals surface area contributed by atoms with Crippen LogP contribution in [-0.4, -0.2) is 23.4 Å². The summed E-state index contributed by atoms with van der Waals surface area (Å²) < 4.78 is 6.42. The fourth-order valence-electron chi connectivity index (χ4n) is 2.41. The monoisotopic (exact) mass is 368 g/mol. The molecule has 1 aromatic carbocycles. The van der Waals surface area contributed by atoms with Crippen LogP contribution in [0.5, 0.6) is 5.75 Å². The summed E-state index contributed by atoms with van der Waals surface area (Å²) in [4.78, 5) is 25.4. The van der Waals surface area contributed by atoms with E-state index in [1.807, 2.05) is 18.4 Å². The van der Waals surface area contributed by atoms with Crippen molar-refractivity contribution in [2.75, 3.05) is 18.3 Å². The molecule has 2 rings (SSSR count). The maximum Gasteiger partial charge on any atom is 0.287 e. The SMILES string of the molecule is CSc1c(C)c(C#N)c(=O)n(NC(=O)COc2ccc(C#N)cc2)c1C. The van der Waals surface area contributed by atoms with E-state index in [1.54, 1.807) is 38.1 Å². The first-order valence-electron chi connectivity index (χ1n) is 7.56. The quantitative estimate of drug-likeness (QED) is 0.810. The Balaban J connectivity index is 2.20. The number of nitrogens with zero attached hydrogens (tertiary/aromatic N) is 3. The van der Waals surface area contributed by atoms with Crippen LogP contribution in [0.25, 0.3) is 0 Å². The molecule has 1 heterocycles. The number of ether oxygens (including phenoxy) is 1. The van der Waals surface area contributed by atoms with Crippen LogP contribution in [0.1, 0.15) is 22.4 Å². The minimum absolute atomic E-state index is 0.00624. The van der Waals surface area contributed by atoms with Gasteiger partial charge in [0.25, 0.3) is 11.5 Å². The van der Waals surface area contributed by atoms with Crippen molar-refractivity contribution in [3.8, 4) is 17.9 Å². The number of hydrogen-bond donors (Lipinski definition) is 1. The van der Waals surface area contributed by atoms with Gasteiger partial charge in [0.2, 0.25) is 0 Å². The van der Waals surface area contributed by atoms with E-state index >= 15 is 0 Å². The smallest absolute Gasteiger partial charge is 0.287 e. The summed E-state index contributed by atoms with van der Waals surface area (Å²) in [6.07, 6.45) is 1.83. The lowest BCUT2D eigenvalue weighted by molar-refractivity contribution is -0.119. The van der Waals surface area contributed by atoms with Gasteiger partial charge in [0.15, 0.2) is 6.61 Å². The van der Waals surface area contributed by atoms with Crippen LogP contribution in [0.4, 0.5) is 0 Å². The number of carbonyl (C=O) groups excluding carboxylic acids is 1. The van der Waals surface area contributed by atoms with Crippen LogP contribution in [0, 0.1) is 36.5 Å². The van der Waals surface area contributed by atoms with E-state index in [-0.39, 0.29) is 12.2 Å². The number of pyridine rings is 1. The number of nitriles is 2. The average Bonchev–Trinajstić information content (AvgIpc) is 2.64. The predicted octanol–water partition coefficient (Wildman–Crippen LogP) is 2.08. The van der Waals surface area contributed by atoms with Gasteiger partial charge in [-0.3, -0.25) is 15.0 Å². The van der Waals surface area contributed by atoms with E-state index in [9.17, 15) is 14.9 Å². The third-order valence-corrected chi connectivity index (χ3v) is 4.71. The zero-order valence-electron chi connectivity index (χ0n) is 14.5. The largest absolute Gasteiger partial charge is 0.484 e. The Bertz CT molecular complexity index is 982. The summed E-state index contributed by atoms with van der Waals surface area (Å²) in [5.74, 6) is -0.117. The number of amides is 1. The fourth-order valence-corrected chi connectivity index (χ4v) is 3.20. The number of carbonyl (C=O) groups is 1. The van der Waals surface area contributed by atoms with E-state index in [1.165, 1.54) is 11.8 Å². The third kappa shape index (κ3) is 3.88. The van der Waals surface area contributed by atoms with Gasteiger partial charge in [-0.2, -0.15) is 10.5 Å². The fraction of sp³-hybridized carbons (Fsp3) is 0.222. The Morgan fingerprint density at radius 1 is 1.23 bits per heavy atom. The molecular weight excluding hydrogens is 352 g/mol. The second kappa shape index (κ2) is 8.24. The molecule has 0 bridgehead atoms. The van der Waals surface area contributed by atoms with Crippen molar-refractivity contribution in [3.05, 3.63) is 57.0 Å². The van der Waals surface area contributed by atoms with Crippen LogP contribution in [-0.2, 0) is 4.79 Å². The second-order valence-corrected chi connectivity index (χ2v) is 6.15. The standard InChI is InChI=1S/C18H16N4O3S/c1-11-15(9-20)18(24)22(12(2)17(11)26-3)21-16(23)10-25-14-6-4-13(8-19)5-7-14/h4-7H,10H2,1-3H3,(H,21,23). The van der Waals surface area contributed by atoms with Gasteiger partial charge in [0.05, 0.1) is 17.3 Å². The Kier molecular flexibility index (Phi) is 6.05. The molecule has 0 aliphatic carbocycles. The Hall–Kier alpha value is -3.23. The number of nitrogens with one attached hydrogen (secondary N) is 1. The lowest BCUT2D eigenvalue weighted by atomic mass is 10.1.